The Morgan fingerprint density at radius 2 is 1.86 bits per heavy atom. The van der Waals surface area contributed by atoms with Crippen LogP contribution in [0, 0.1) is 20.8 Å². The zero-order valence-electron chi connectivity index (χ0n) is 17.0. The number of benzene rings is 3. The Bertz CT molecular complexity index is 1190. The van der Waals surface area contributed by atoms with Crippen molar-refractivity contribution in [1.82, 2.24) is 4.98 Å². The second kappa shape index (κ2) is 7.51. The molecule has 0 atom stereocenters. The maximum atomic E-state index is 10.3. The number of aromatic hydroxyl groups is 1. The van der Waals surface area contributed by atoms with Crippen LogP contribution in [0.5, 0.6) is 11.5 Å². The van der Waals surface area contributed by atoms with E-state index in [2.05, 4.69) is 23.3 Å². The Labute approximate surface area is 170 Å². The number of para-hydroxylation sites is 1. The predicted molar refractivity (Wildman–Crippen MR) is 116 cm³/mol. The molecule has 0 aliphatic heterocycles. The number of aryl methyl sites for hydroxylation is 3. The number of nitrogens with one attached hydrogen (secondary N) is 1. The Morgan fingerprint density at radius 1 is 1.03 bits per heavy atom. The zero-order valence-corrected chi connectivity index (χ0v) is 17.0. The fourth-order valence-electron chi connectivity index (χ4n) is 3.51. The summed E-state index contributed by atoms with van der Waals surface area (Å²) in [6, 6.07) is 15.7. The molecule has 0 saturated carbocycles. The summed E-state index contributed by atoms with van der Waals surface area (Å²) in [4.78, 5) is 4.68. The molecule has 2 N–H and O–H groups in total. The van der Waals surface area contributed by atoms with Crippen LogP contribution in [-0.2, 0) is 6.54 Å². The number of hydrogen-bond acceptors (Lipinski definition) is 5. The number of ether oxygens (including phenoxy) is 1. The van der Waals surface area contributed by atoms with Crippen molar-refractivity contribution in [3.63, 3.8) is 0 Å². The first kappa shape index (κ1) is 18.9. The van der Waals surface area contributed by atoms with Gasteiger partial charge >= 0.3 is 0 Å². The van der Waals surface area contributed by atoms with Crippen LogP contribution >= 0.6 is 0 Å². The third-order valence-corrected chi connectivity index (χ3v) is 5.08. The van der Waals surface area contributed by atoms with Gasteiger partial charge in [0.1, 0.15) is 5.52 Å². The van der Waals surface area contributed by atoms with Gasteiger partial charge in [0.15, 0.2) is 17.1 Å². The van der Waals surface area contributed by atoms with Crippen molar-refractivity contribution in [2.45, 2.75) is 27.3 Å². The molecule has 0 unspecified atom stereocenters. The van der Waals surface area contributed by atoms with Gasteiger partial charge < -0.3 is 19.6 Å². The van der Waals surface area contributed by atoms with Crippen molar-refractivity contribution >= 4 is 16.8 Å². The van der Waals surface area contributed by atoms with Crippen molar-refractivity contribution in [1.29, 1.82) is 0 Å². The predicted octanol–water partition coefficient (Wildman–Crippen LogP) is 5.75. The van der Waals surface area contributed by atoms with Gasteiger partial charge in [-0.15, -0.1) is 0 Å². The molecule has 0 amide bonds. The monoisotopic (exact) mass is 388 g/mol. The number of methoxy groups -OCH3 is 1. The number of fused-ring (bicyclic) bond motifs is 1. The topological polar surface area (TPSA) is 67.5 Å². The molecule has 0 fully saturated rings. The highest BCUT2D eigenvalue weighted by Crippen LogP contribution is 2.32. The summed E-state index contributed by atoms with van der Waals surface area (Å²) in [5.41, 5.74) is 7.66. The van der Waals surface area contributed by atoms with E-state index in [0.717, 1.165) is 39.0 Å². The molecular weight excluding hydrogens is 364 g/mol. The van der Waals surface area contributed by atoms with E-state index in [-0.39, 0.29) is 5.75 Å². The molecule has 1 heterocycles. The van der Waals surface area contributed by atoms with E-state index < -0.39 is 0 Å². The highest BCUT2D eigenvalue weighted by Gasteiger charge is 2.13. The van der Waals surface area contributed by atoms with Gasteiger partial charge in [-0.25, -0.2) is 4.98 Å². The van der Waals surface area contributed by atoms with Gasteiger partial charge in [-0.1, -0.05) is 24.3 Å². The van der Waals surface area contributed by atoms with Crippen molar-refractivity contribution < 1.29 is 14.3 Å². The van der Waals surface area contributed by atoms with Crippen LogP contribution in [0.25, 0.3) is 22.6 Å². The second-order valence-corrected chi connectivity index (χ2v) is 7.30. The standard InChI is InChI=1S/C24H24N2O3/c1-14-10-16(3)23-20(11-14)26-24(29-23)17-9-8-15(2)19(12-17)25-13-18-6-5-7-21(28-4)22(18)27/h5-12,25,27H,13H2,1-4H3. The summed E-state index contributed by atoms with van der Waals surface area (Å²) < 4.78 is 11.2. The average molecular weight is 388 g/mol. The van der Waals surface area contributed by atoms with E-state index in [9.17, 15) is 5.11 Å². The number of rotatable bonds is 5. The third-order valence-electron chi connectivity index (χ3n) is 5.08. The molecule has 0 aliphatic rings. The van der Waals surface area contributed by atoms with Crippen LogP contribution in [0.15, 0.2) is 52.9 Å². The number of nitrogens with zero attached hydrogens (tertiary/aromatic N) is 1. The van der Waals surface area contributed by atoms with Crippen molar-refractivity contribution in [3.8, 4) is 23.0 Å². The van der Waals surface area contributed by atoms with Crippen LogP contribution in [0.2, 0.25) is 0 Å². The molecule has 4 aromatic rings. The molecule has 1 aromatic heterocycles. The van der Waals surface area contributed by atoms with Crippen LogP contribution in [-0.4, -0.2) is 17.2 Å². The first-order valence-corrected chi connectivity index (χ1v) is 9.54. The van der Waals surface area contributed by atoms with E-state index in [1.165, 1.54) is 5.56 Å². The number of oxazole rings is 1. The second-order valence-electron chi connectivity index (χ2n) is 7.30. The summed E-state index contributed by atoms with van der Waals surface area (Å²) in [7, 11) is 1.55. The molecule has 0 radical (unpaired) electrons. The lowest BCUT2D eigenvalue weighted by atomic mass is 10.1. The molecule has 0 aliphatic carbocycles. The van der Waals surface area contributed by atoms with Gasteiger partial charge in [0.2, 0.25) is 5.89 Å². The smallest absolute Gasteiger partial charge is 0.227 e. The van der Waals surface area contributed by atoms with E-state index in [1.807, 2.05) is 50.2 Å². The maximum Gasteiger partial charge on any atom is 0.227 e. The normalized spacial score (nSPS) is 11.0. The van der Waals surface area contributed by atoms with Gasteiger partial charge in [-0.2, -0.15) is 0 Å². The molecule has 29 heavy (non-hydrogen) atoms. The first-order valence-electron chi connectivity index (χ1n) is 9.54. The molecule has 148 valence electrons. The Morgan fingerprint density at radius 3 is 2.66 bits per heavy atom. The van der Waals surface area contributed by atoms with Gasteiger partial charge in [0.25, 0.3) is 0 Å². The number of hydrogen-bond donors (Lipinski definition) is 2. The van der Waals surface area contributed by atoms with E-state index in [0.29, 0.717) is 18.2 Å². The molecular formula is C24H24N2O3. The number of phenols is 1. The number of anilines is 1. The molecule has 0 bridgehead atoms. The van der Waals surface area contributed by atoms with Gasteiger partial charge in [0, 0.05) is 23.4 Å². The number of aromatic nitrogens is 1. The Balaban J connectivity index is 1.64. The zero-order chi connectivity index (χ0) is 20.5. The van der Waals surface area contributed by atoms with Crippen LogP contribution < -0.4 is 10.1 Å². The summed E-state index contributed by atoms with van der Waals surface area (Å²) in [5.74, 6) is 1.22. The van der Waals surface area contributed by atoms with Crippen molar-refractivity contribution in [3.05, 3.63) is 70.8 Å². The molecule has 0 saturated heterocycles. The lowest BCUT2D eigenvalue weighted by molar-refractivity contribution is 0.371. The summed E-state index contributed by atoms with van der Waals surface area (Å²) in [5, 5.41) is 13.7. The first-order chi connectivity index (χ1) is 14.0. The van der Waals surface area contributed by atoms with Gasteiger partial charge in [0.05, 0.1) is 7.11 Å². The summed E-state index contributed by atoms with van der Waals surface area (Å²) in [6.07, 6.45) is 0. The largest absolute Gasteiger partial charge is 0.504 e. The molecule has 5 nitrogen and oxygen atoms in total. The van der Waals surface area contributed by atoms with Crippen molar-refractivity contribution in [2.75, 3.05) is 12.4 Å². The minimum absolute atomic E-state index is 0.154. The van der Waals surface area contributed by atoms with E-state index in [1.54, 1.807) is 13.2 Å². The molecule has 5 heteroatoms. The summed E-state index contributed by atoms with van der Waals surface area (Å²) >= 11 is 0. The van der Waals surface area contributed by atoms with Gasteiger partial charge in [-0.05, 0) is 61.7 Å². The molecule has 0 spiro atoms. The number of phenolic OH excluding ortho intramolecular Hbond substituents is 1. The van der Waals surface area contributed by atoms with Crippen LogP contribution in [0.3, 0.4) is 0 Å². The van der Waals surface area contributed by atoms with Gasteiger partial charge in [-0.3, -0.25) is 0 Å². The maximum absolute atomic E-state index is 10.3. The molecule has 4 rings (SSSR count). The Hall–Kier alpha value is -3.47. The van der Waals surface area contributed by atoms with Crippen molar-refractivity contribution in [2.24, 2.45) is 0 Å². The molecule has 3 aromatic carbocycles. The lowest BCUT2D eigenvalue weighted by Crippen LogP contribution is -2.02. The average Bonchev–Trinajstić information content (AvgIpc) is 3.12. The van der Waals surface area contributed by atoms with Crippen LogP contribution in [0.4, 0.5) is 5.69 Å². The third kappa shape index (κ3) is 3.63. The highest BCUT2D eigenvalue weighted by molar-refractivity contribution is 5.80. The highest BCUT2D eigenvalue weighted by atomic mass is 16.5. The lowest BCUT2D eigenvalue weighted by Gasteiger charge is -2.13. The minimum atomic E-state index is 0.154. The SMILES string of the molecule is COc1cccc(CNc2cc(-c3nc4cc(C)cc(C)c4o3)ccc2C)c1O. The van der Waals surface area contributed by atoms with E-state index >= 15 is 0 Å². The van der Waals surface area contributed by atoms with E-state index in [4.69, 9.17) is 9.15 Å². The quantitative estimate of drug-likeness (QED) is 0.456. The fourth-order valence-corrected chi connectivity index (χ4v) is 3.51. The van der Waals surface area contributed by atoms with Crippen LogP contribution in [0.1, 0.15) is 22.3 Å². The summed E-state index contributed by atoms with van der Waals surface area (Å²) in [6.45, 7) is 6.60. The Kier molecular flexibility index (Phi) is 4.89. The minimum Gasteiger partial charge on any atom is -0.504 e. The fraction of sp³-hybridized carbons (Fsp3) is 0.208.